The van der Waals surface area contributed by atoms with Crippen LogP contribution in [0.2, 0.25) is 0 Å². The Morgan fingerprint density at radius 2 is 1.89 bits per heavy atom. The van der Waals surface area contributed by atoms with Crippen LogP contribution in [0.4, 0.5) is 13.2 Å². The lowest BCUT2D eigenvalue weighted by molar-refractivity contribution is -0.190. The molecule has 0 saturated carbocycles. The summed E-state index contributed by atoms with van der Waals surface area (Å²) in [6, 6.07) is 7.72. The number of methoxy groups -OCH3 is 1. The number of nitrogens with zero attached hydrogens (tertiary/aromatic N) is 1. The number of nitrogens with one attached hydrogen (secondary N) is 1. The van der Waals surface area contributed by atoms with Crippen molar-refractivity contribution in [3.8, 4) is 0 Å². The van der Waals surface area contributed by atoms with Crippen molar-refractivity contribution in [3.63, 3.8) is 0 Å². The SMILES string of the molecule is COC(=O)[C@H](Cc1ccccc1)NC(=O)[C@]1(C)CCCN1C(=O)C(F)(F)F. The van der Waals surface area contributed by atoms with Gasteiger partial charge in [-0.2, -0.15) is 13.2 Å². The van der Waals surface area contributed by atoms with Gasteiger partial charge < -0.3 is 15.0 Å². The van der Waals surface area contributed by atoms with Crippen LogP contribution in [-0.2, 0) is 25.5 Å². The molecule has 1 aliphatic heterocycles. The Bertz CT molecular complexity index is 708. The molecular weight excluding hydrogens is 365 g/mol. The number of rotatable bonds is 5. The lowest BCUT2D eigenvalue weighted by Crippen LogP contribution is -2.60. The number of benzene rings is 1. The van der Waals surface area contributed by atoms with Gasteiger partial charge in [-0.05, 0) is 25.3 Å². The van der Waals surface area contributed by atoms with Gasteiger partial charge in [0.15, 0.2) is 0 Å². The van der Waals surface area contributed by atoms with Crippen LogP contribution in [0, 0.1) is 0 Å². The van der Waals surface area contributed by atoms with Gasteiger partial charge in [-0.25, -0.2) is 4.79 Å². The molecule has 0 aliphatic carbocycles. The summed E-state index contributed by atoms with van der Waals surface area (Å²) < 4.78 is 43.2. The maximum Gasteiger partial charge on any atom is 0.471 e. The molecule has 1 fully saturated rings. The third-order valence-electron chi connectivity index (χ3n) is 4.69. The highest BCUT2D eigenvalue weighted by atomic mass is 19.4. The zero-order valence-electron chi connectivity index (χ0n) is 15.0. The van der Waals surface area contributed by atoms with E-state index in [1.54, 1.807) is 30.3 Å². The monoisotopic (exact) mass is 386 g/mol. The Balaban J connectivity index is 2.20. The number of carbonyl (C=O) groups excluding carboxylic acids is 3. The first-order valence-electron chi connectivity index (χ1n) is 8.41. The zero-order chi connectivity index (χ0) is 20.2. The van der Waals surface area contributed by atoms with Crippen molar-refractivity contribution in [2.45, 2.75) is 43.9 Å². The highest BCUT2D eigenvalue weighted by Gasteiger charge is 2.53. The molecule has 148 valence electrons. The van der Waals surface area contributed by atoms with Gasteiger partial charge in [0.05, 0.1) is 7.11 Å². The molecule has 2 amide bonds. The average Bonchev–Trinajstić information content (AvgIpc) is 3.02. The Hall–Kier alpha value is -2.58. The second-order valence-electron chi connectivity index (χ2n) is 6.57. The fourth-order valence-electron chi connectivity index (χ4n) is 3.18. The van der Waals surface area contributed by atoms with Crippen molar-refractivity contribution in [2.75, 3.05) is 13.7 Å². The Kier molecular flexibility index (Phi) is 6.12. The molecule has 0 spiro atoms. The molecule has 2 rings (SSSR count). The summed E-state index contributed by atoms with van der Waals surface area (Å²) in [5.41, 5.74) is -0.941. The van der Waals surface area contributed by atoms with E-state index in [1.807, 2.05) is 0 Å². The molecule has 1 saturated heterocycles. The number of likely N-dealkylation sites (tertiary alicyclic amines) is 1. The molecule has 1 aromatic carbocycles. The number of alkyl halides is 3. The second-order valence-corrected chi connectivity index (χ2v) is 6.57. The topological polar surface area (TPSA) is 75.7 Å². The summed E-state index contributed by atoms with van der Waals surface area (Å²) in [5, 5.41) is 2.46. The lowest BCUT2D eigenvalue weighted by atomic mass is 9.96. The minimum atomic E-state index is -5.07. The molecule has 1 aromatic rings. The molecule has 0 radical (unpaired) electrons. The van der Waals surface area contributed by atoms with E-state index >= 15 is 0 Å². The summed E-state index contributed by atoms with van der Waals surface area (Å²) in [6.07, 6.45) is -4.63. The molecule has 1 heterocycles. The van der Waals surface area contributed by atoms with E-state index in [-0.39, 0.29) is 25.8 Å². The van der Waals surface area contributed by atoms with E-state index in [4.69, 9.17) is 4.74 Å². The number of esters is 1. The van der Waals surface area contributed by atoms with Crippen molar-refractivity contribution < 1.29 is 32.3 Å². The summed E-state index contributed by atoms with van der Waals surface area (Å²) in [5.74, 6) is -3.60. The van der Waals surface area contributed by atoms with Crippen LogP contribution in [0.3, 0.4) is 0 Å². The number of halogens is 3. The molecule has 1 aliphatic rings. The summed E-state index contributed by atoms with van der Waals surface area (Å²) in [6.45, 7) is 1.10. The van der Waals surface area contributed by atoms with Crippen LogP contribution in [0.5, 0.6) is 0 Å². The van der Waals surface area contributed by atoms with Gasteiger partial charge >= 0.3 is 18.1 Å². The smallest absolute Gasteiger partial charge is 0.467 e. The van der Waals surface area contributed by atoms with Crippen molar-refractivity contribution in [1.82, 2.24) is 10.2 Å². The van der Waals surface area contributed by atoms with Crippen LogP contribution >= 0.6 is 0 Å². The van der Waals surface area contributed by atoms with Crippen molar-refractivity contribution in [1.29, 1.82) is 0 Å². The van der Waals surface area contributed by atoms with E-state index < -0.39 is 35.5 Å². The Labute approximate surface area is 154 Å². The van der Waals surface area contributed by atoms with Crippen LogP contribution in [0.25, 0.3) is 0 Å². The van der Waals surface area contributed by atoms with Crippen LogP contribution in [0.1, 0.15) is 25.3 Å². The van der Waals surface area contributed by atoms with Gasteiger partial charge in [-0.15, -0.1) is 0 Å². The summed E-state index contributed by atoms with van der Waals surface area (Å²) in [7, 11) is 1.16. The highest BCUT2D eigenvalue weighted by Crippen LogP contribution is 2.33. The lowest BCUT2D eigenvalue weighted by Gasteiger charge is -2.35. The molecule has 0 bridgehead atoms. The highest BCUT2D eigenvalue weighted by molar-refractivity contribution is 5.95. The van der Waals surface area contributed by atoms with Crippen molar-refractivity contribution >= 4 is 17.8 Å². The minimum Gasteiger partial charge on any atom is -0.467 e. The Morgan fingerprint density at radius 3 is 2.44 bits per heavy atom. The summed E-state index contributed by atoms with van der Waals surface area (Å²) in [4.78, 5) is 37.0. The first-order valence-corrected chi connectivity index (χ1v) is 8.41. The second kappa shape index (κ2) is 7.98. The predicted octanol–water partition coefficient (Wildman–Crippen LogP) is 1.83. The van der Waals surface area contributed by atoms with E-state index in [2.05, 4.69) is 5.32 Å². The van der Waals surface area contributed by atoms with Gasteiger partial charge in [0.25, 0.3) is 0 Å². The normalized spacial score (nSPS) is 20.9. The van der Waals surface area contributed by atoms with Crippen molar-refractivity contribution in [3.05, 3.63) is 35.9 Å². The molecule has 0 aromatic heterocycles. The number of ether oxygens (including phenoxy) is 1. The fourth-order valence-corrected chi connectivity index (χ4v) is 3.18. The number of hydrogen-bond acceptors (Lipinski definition) is 4. The van der Waals surface area contributed by atoms with Gasteiger partial charge in [-0.3, -0.25) is 9.59 Å². The van der Waals surface area contributed by atoms with Crippen LogP contribution < -0.4 is 5.32 Å². The maximum absolute atomic E-state index is 12.8. The van der Waals surface area contributed by atoms with Crippen LogP contribution in [-0.4, -0.2) is 54.1 Å². The fraction of sp³-hybridized carbons (Fsp3) is 0.500. The number of carbonyl (C=O) groups is 3. The molecule has 9 heteroatoms. The molecule has 0 unspecified atom stereocenters. The van der Waals surface area contributed by atoms with Gasteiger partial charge in [0, 0.05) is 13.0 Å². The molecule has 27 heavy (non-hydrogen) atoms. The average molecular weight is 386 g/mol. The van der Waals surface area contributed by atoms with Gasteiger partial charge in [-0.1, -0.05) is 30.3 Å². The Morgan fingerprint density at radius 1 is 1.26 bits per heavy atom. The van der Waals surface area contributed by atoms with E-state index in [1.165, 1.54) is 6.92 Å². The third kappa shape index (κ3) is 4.58. The van der Waals surface area contributed by atoms with Crippen molar-refractivity contribution in [2.24, 2.45) is 0 Å². The minimum absolute atomic E-state index is 0.0693. The predicted molar refractivity (Wildman–Crippen MR) is 89.5 cm³/mol. The van der Waals surface area contributed by atoms with Gasteiger partial charge in [0.1, 0.15) is 11.6 Å². The number of amides is 2. The molecular formula is C18H21F3N2O4. The molecule has 1 N–H and O–H groups in total. The third-order valence-corrected chi connectivity index (χ3v) is 4.69. The maximum atomic E-state index is 12.8. The molecule has 2 atom stereocenters. The molecule has 6 nitrogen and oxygen atoms in total. The van der Waals surface area contributed by atoms with E-state index in [0.717, 1.165) is 12.7 Å². The van der Waals surface area contributed by atoms with E-state index in [0.29, 0.717) is 4.90 Å². The standard InChI is InChI=1S/C18H21F3N2O4/c1-17(9-6-10-23(17)16(26)18(19,20)21)15(25)22-13(14(24)27-2)11-12-7-4-3-5-8-12/h3-5,7-8,13H,6,9-11H2,1-2H3,(H,22,25)/t13-,17-/m0/s1. The quantitative estimate of drug-likeness (QED) is 0.784. The number of hydrogen-bond donors (Lipinski definition) is 1. The first kappa shape index (κ1) is 20.7. The van der Waals surface area contributed by atoms with Crippen LogP contribution in [0.15, 0.2) is 30.3 Å². The van der Waals surface area contributed by atoms with Gasteiger partial charge in [0.2, 0.25) is 5.91 Å². The van der Waals surface area contributed by atoms with E-state index in [9.17, 15) is 27.6 Å². The largest absolute Gasteiger partial charge is 0.471 e. The zero-order valence-corrected chi connectivity index (χ0v) is 15.0. The first-order chi connectivity index (χ1) is 12.6. The summed E-state index contributed by atoms with van der Waals surface area (Å²) >= 11 is 0.